The van der Waals surface area contributed by atoms with Gasteiger partial charge in [0.05, 0.1) is 30.2 Å². The minimum Gasteiger partial charge on any atom is -0.394 e. The van der Waals surface area contributed by atoms with Crippen molar-refractivity contribution in [2.24, 2.45) is 0 Å². The second kappa shape index (κ2) is 13.5. The molecule has 0 saturated carbocycles. The molecular weight excluding hydrogens is 459 g/mol. The summed E-state index contributed by atoms with van der Waals surface area (Å²) < 4.78 is 44.1. The maximum Gasteiger partial charge on any atom is 0.277 e. The number of unbranched alkanes of at least 4 members (excludes halogenated alkanes) is 1. The Labute approximate surface area is 193 Å². The molecule has 34 heavy (non-hydrogen) atoms. The zero-order valence-corrected chi connectivity index (χ0v) is 18.4. The topological polar surface area (TPSA) is 129 Å². The number of hydrogen-bond acceptors (Lipinski definition) is 7. The van der Waals surface area contributed by atoms with Crippen molar-refractivity contribution in [3.63, 3.8) is 0 Å². The van der Waals surface area contributed by atoms with Gasteiger partial charge in [-0.3, -0.25) is 19.3 Å². The van der Waals surface area contributed by atoms with Crippen LogP contribution in [-0.4, -0.2) is 48.5 Å². The number of amides is 2. The summed E-state index contributed by atoms with van der Waals surface area (Å²) in [5.41, 5.74) is 3.33. The van der Waals surface area contributed by atoms with Crippen molar-refractivity contribution in [2.75, 3.05) is 25.1 Å². The van der Waals surface area contributed by atoms with Crippen LogP contribution in [0.25, 0.3) is 0 Å². The average Bonchev–Trinajstić information content (AvgIpc) is 2.81. The minimum atomic E-state index is -1.39. The fourth-order valence-corrected chi connectivity index (χ4v) is 2.91. The van der Waals surface area contributed by atoms with Crippen LogP contribution in [0.4, 0.5) is 24.5 Å². The van der Waals surface area contributed by atoms with E-state index in [9.17, 15) is 23.5 Å². The third-order valence-corrected chi connectivity index (χ3v) is 4.64. The van der Waals surface area contributed by atoms with Gasteiger partial charge in [-0.15, -0.1) is 0 Å². The van der Waals surface area contributed by atoms with Crippen molar-refractivity contribution in [1.29, 1.82) is 0 Å². The SMILES string of the molecule is Cc1ccc(Nc2c(C(=O)NOCC(O)CO)cc(CCCCONC=O)c(F)c2F)c(F)c1. The smallest absolute Gasteiger partial charge is 0.277 e. The number of halogens is 3. The lowest BCUT2D eigenvalue weighted by atomic mass is 10.0. The number of carbonyl (C=O) groups is 2. The molecule has 1 unspecified atom stereocenters. The predicted molar refractivity (Wildman–Crippen MR) is 115 cm³/mol. The first-order valence-corrected chi connectivity index (χ1v) is 10.3. The van der Waals surface area contributed by atoms with E-state index in [4.69, 9.17) is 14.8 Å². The van der Waals surface area contributed by atoms with Crippen LogP contribution in [0.5, 0.6) is 0 Å². The highest BCUT2D eigenvalue weighted by Crippen LogP contribution is 2.31. The van der Waals surface area contributed by atoms with Crippen LogP contribution in [0.15, 0.2) is 24.3 Å². The molecule has 0 fully saturated rings. The Morgan fingerprint density at radius 2 is 1.91 bits per heavy atom. The van der Waals surface area contributed by atoms with E-state index < -0.39 is 48.4 Å². The Morgan fingerprint density at radius 1 is 1.15 bits per heavy atom. The van der Waals surface area contributed by atoms with Gasteiger partial charge in [0.15, 0.2) is 11.6 Å². The number of aliphatic hydroxyl groups excluding tert-OH is 2. The van der Waals surface area contributed by atoms with Crippen molar-refractivity contribution < 1.29 is 42.6 Å². The van der Waals surface area contributed by atoms with Gasteiger partial charge < -0.3 is 15.5 Å². The first-order chi connectivity index (χ1) is 16.3. The molecular formula is C22H26F3N3O6. The van der Waals surface area contributed by atoms with Crippen molar-refractivity contribution in [3.8, 4) is 0 Å². The Kier molecular flexibility index (Phi) is 10.7. The van der Waals surface area contributed by atoms with Gasteiger partial charge in [-0.1, -0.05) is 6.07 Å². The normalized spacial score (nSPS) is 11.7. The second-order valence-electron chi connectivity index (χ2n) is 7.31. The number of rotatable bonds is 14. The van der Waals surface area contributed by atoms with Crippen molar-refractivity contribution in [1.82, 2.24) is 11.0 Å². The van der Waals surface area contributed by atoms with Gasteiger partial charge >= 0.3 is 0 Å². The van der Waals surface area contributed by atoms with Crippen molar-refractivity contribution in [3.05, 3.63) is 58.4 Å². The molecule has 0 spiro atoms. The monoisotopic (exact) mass is 485 g/mol. The molecule has 186 valence electrons. The van der Waals surface area contributed by atoms with E-state index in [1.54, 1.807) is 13.0 Å². The Balaban J connectivity index is 2.31. The summed E-state index contributed by atoms with van der Waals surface area (Å²) in [6.45, 7) is 0.724. The number of hydrogen-bond donors (Lipinski definition) is 5. The molecule has 0 aromatic heterocycles. The molecule has 1 atom stereocenters. The zero-order chi connectivity index (χ0) is 25.1. The Hall–Kier alpha value is -3.19. The minimum absolute atomic E-state index is 0.0384. The number of aryl methyl sites for hydroxylation is 2. The molecule has 0 aliphatic heterocycles. The molecule has 9 nitrogen and oxygen atoms in total. The van der Waals surface area contributed by atoms with E-state index >= 15 is 4.39 Å². The first kappa shape index (κ1) is 27.1. The van der Waals surface area contributed by atoms with Gasteiger partial charge in [0.2, 0.25) is 6.41 Å². The lowest BCUT2D eigenvalue weighted by Crippen LogP contribution is -2.30. The van der Waals surface area contributed by atoms with Crippen LogP contribution in [0.3, 0.4) is 0 Å². The summed E-state index contributed by atoms with van der Waals surface area (Å²) in [7, 11) is 0. The highest BCUT2D eigenvalue weighted by molar-refractivity contribution is 6.00. The van der Waals surface area contributed by atoms with E-state index in [2.05, 4.69) is 5.32 Å². The van der Waals surface area contributed by atoms with Crippen LogP contribution in [0, 0.1) is 24.4 Å². The summed E-state index contributed by atoms with van der Waals surface area (Å²) in [6, 6.07) is 5.16. The maximum absolute atomic E-state index is 15.0. The van der Waals surface area contributed by atoms with Gasteiger partial charge in [-0.05, 0) is 55.5 Å². The lowest BCUT2D eigenvalue weighted by molar-refractivity contribution is -0.120. The number of hydroxylamine groups is 2. The number of anilines is 2. The summed E-state index contributed by atoms with van der Waals surface area (Å²) in [5.74, 6) is -4.33. The highest BCUT2D eigenvalue weighted by Gasteiger charge is 2.24. The summed E-state index contributed by atoms with van der Waals surface area (Å²) in [4.78, 5) is 32.4. The maximum atomic E-state index is 15.0. The van der Waals surface area contributed by atoms with Crippen LogP contribution in [-0.2, 0) is 20.9 Å². The van der Waals surface area contributed by atoms with E-state index in [0.717, 1.165) is 6.07 Å². The largest absolute Gasteiger partial charge is 0.394 e. The predicted octanol–water partition coefficient (Wildman–Crippen LogP) is 2.17. The van der Waals surface area contributed by atoms with Crippen molar-refractivity contribution in [2.45, 2.75) is 32.3 Å². The van der Waals surface area contributed by atoms with Crippen LogP contribution in [0.1, 0.15) is 34.3 Å². The second-order valence-corrected chi connectivity index (χ2v) is 7.31. The molecule has 0 saturated heterocycles. The van der Waals surface area contributed by atoms with Gasteiger partial charge in [0, 0.05) is 0 Å². The molecule has 0 heterocycles. The van der Waals surface area contributed by atoms with E-state index in [0.29, 0.717) is 24.8 Å². The molecule has 0 radical (unpaired) electrons. The molecule has 0 aliphatic rings. The average molecular weight is 485 g/mol. The number of benzene rings is 2. The molecule has 2 amide bonds. The standard InChI is InChI=1S/C22H26F3N3O6/c1-13-5-6-18(17(23)8-13)27-21-16(22(32)28-34-11-15(31)10-29)9-14(19(24)20(21)25)4-2-3-7-33-26-12-30/h5-6,8-9,12,15,27,29,31H,2-4,7,10-11H2,1H3,(H,26,30)(H,28,32). The van der Waals surface area contributed by atoms with Gasteiger partial charge in [-0.2, -0.15) is 0 Å². The third kappa shape index (κ3) is 7.70. The molecule has 0 aliphatic carbocycles. The van der Waals surface area contributed by atoms with Crippen LogP contribution < -0.4 is 16.3 Å². The molecule has 2 aromatic carbocycles. The zero-order valence-electron chi connectivity index (χ0n) is 18.4. The summed E-state index contributed by atoms with van der Waals surface area (Å²) in [5, 5.41) is 20.6. The lowest BCUT2D eigenvalue weighted by Gasteiger charge is -2.17. The fourth-order valence-electron chi connectivity index (χ4n) is 2.91. The molecule has 0 bridgehead atoms. The Morgan fingerprint density at radius 3 is 2.59 bits per heavy atom. The number of aliphatic hydroxyl groups is 2. The van der Waals surface area contributed by atoms with Gasteiger partial charge in [0.25, 0.3) is 5.91 Å². The number of carbonyl (C=O) groups excluding carboxylic acids is 2. The molecule has 2 rings (SSSR count). The quantitative estimate of drug-likeness (QED) is 0.158. The molecule has 12 heteroatoms. The highest BCUT2D eigenvalue weighted by atomic mass is 19.2. The van der Waals surface area contributed by atoms with Crippen LogP contribution in [0.2, 0.25) is 0 Å². The van der Waals surface area contributed by atoms with Crippen LogP contribution >= 0.6 is 0 Å². The van der Waals surface area contributed by atoms with E-state index in [1.807, 2.05) is 11.0 Å². The molecule has 5 N–H and O–H groups in total. The van der Waals surface area contributed by atoms with E-state index in [-0.39, 0.29) is 29.8 Å². The fraction of sp³-hybridized carbons (Fsp3) is 0.364. The van der Waals surface area contributed by atoms with E-state index in [1.165, 1.54) is 12.1 Å². The first-order valence-electron chi connectivity index (χ1n) is 10.3. The van der Waals surface area contributed by atoms with Gasteiger partial charge in [0.1, 0.15) is 18.5 Å². The Bertz CT molecular complexity index is 993. The summed E-state index contributed by atoms with van der Waals surface area (Å²) in [6.07, 6.45) is -0.131. The molecule has 2 aromatic rings. The van der Waals surface area contributed by atoms with Crippen molar-refractivity contribution >= 4 is 23.7 Å². The third-order valence-electron chi connectivity index (χ3n) is 4.64. The number of nitrogens with one attached hydrogen (secondary N) is 3. The van der Waals surface area contributed by atoms with Gasteiger partial charge in [-0.25, -0.2) is 24.1 Å². The summed E-state index contributed by atoms with van der Waals surface area (Å²) >= 11 is 0.